The van der Waals surface area contributed by atoms with Gasteiger partial charge in [-0.1, -0.05) is 90.4 Å². The Morgan fingerprint density at radius 1 is 0.825 bits per heavy atom. The van der Waals surface area contributed by atoms with Crippen LogP contribution in [0.3, 0.4) is 0 Å². The van der Waals surface area contributed by atoms with E-state index in [-0.39, 0.29) is 6.42 Å². The van der Waals surface area contributed by atoms with E-state index in [4.69, 9.17) is 14.2 Å². The molecule has 4 unspecified atom stereocenters. The Kier molecular flexibility index (Phi) is 15.7. The van der Waals surface area contributed by atoms with E-state index in [1.165, 1.54) is 51.4 Å². The maximum absolute atomic E-state index is 12.7. The summed E-state index contributed by atoms with van der Waals surface area (Å²) in [5.41, 5.74) is 0. The van der Waals surface area contributed by atoms with Crippen molar-refractivity contribution in [3.63, 3.8) is 0 Å². The van der Waals surface area contributed by atoms with E-state index < -0.39 is 79.3 Å². The maximum Gasteiger partial charge on any atom is 0.344 e. The minimum atomic E-state index is -2.02. The lowest BCUT2D eigenvalue weighted by molar-refractivity contribution is -0.305. The van der Waals surface area contributed by atoms with Gasteiger partial charge in [-0.05, 0) is 6.42 Å². The molecule has 0 aromatic rings. The monoisotopic (exact) mass is 576 g/mol. The highest BCUT2D eigenvalue weighted by atomic mass is 16.7. The van der Waals surface area contributed by atoms with E-state index in [0.29, 0.717) is 6.42 Å². The van der Waals surface area contributed by atoms with Crippen molar-refractivity contribution in [2.45, 2.75) is 152 Å². The smallest absolute Gasteiger partial charge is 0.344 e. The molecule has 0 aromatic heterocycles. The number of carbonyl (C=O) groups excluding carboxylic acids is 3. The lowest BCUT2D eigenvalue weighted by atomic mass is 9.97. The minimum Gasteiger partial charge on any atom is -0.444 e. The molecule has 40 heavy (non-hydrogen) atoms. The Morgan fingerprint density at radius 3 is 1.88 bits per heavy atom. The van der Waals surface area contributed by atoms with E-state index in [9.17, 15) is 45.0 Å². The molecule has 2 heterocycles. The van der Waals surface area contributed by atoms with Gasteiger partial charge in [0.05, 0.1) is 12.7 Å². The third-order valence-corrected chi connectivity index (χ3v) is 7.60. The third-order valence-electron chi connectivity index (χ3n) is 7.60. The van der Waals surface area contributed by atoms with Crippen LogP contribution >= 0.6 is 0 Å². The Balaban J connectivity index is 1.68. The number of aliphatic hydroxyl groups excluding tert-OH is 6. The summed E-state index contributed by atoms with van der Waals surface area (Å²) < 4.78 is 15.0. The fourth-order valence-electron chi connectivity index (χ4n) is 5.00. The second-order valence-corrected chi connectivity index (χ2v) is 10.9. The van der Waals surface area contributed by atoms with Crippen LogP contribution < -0.4 is 0 Å². The Hall–Kier alpha value is -1.51. The molecule has 0 aromatic carbocycles. The van der Waals surface area contributed by atoms with Crippen LogP contribution in [0, 0.1) is 0 Å². The van der Waals surface area contributed by atoms with Crippen LogP contribution in [0.15, 0.2) is 0 Å². The fraction of sp³-hybridized carbons (Fsp3) is 0.893. The zero-order valence-corrected chi connectivity index (χ0v) is 23.4. The summed E-state index contributed by atoms with van der Waals surface area (Å²) >= 11 is 0. The van der Waals surface area contributed by atoms with Crippen LogP contribution in [0.25, 0.3) is 0 Å². The number of unbranched alkanes of at least 4 members (excludes halogenated alkanes) is 12. The maximum atomic E-state index is 12.7. The highest BCUT2D eigenvalue weighted by molar-refractivity contribution is 6.20. The molecule has 9 atom stereocenters. The third kappa shape index (κ3) is 10.1. The van der Waals surface area contributed by atoms with Gasteiger partial charge in [0.25, 0.3) is 0 Å². The number of rotatable bonds is 20. The van der Waals surface area contributed by atoms with Crippen LogP contribution in [-0.4, -0.2) is 110 Å². The van der Waals surface area contributed by atoms with Gasteiger partial charge in [0.1, 0.15) is 30.5 Å². The average molecular weight is 577 g/mol. The molecule has 6 N–H and O–H groups in total. The first-order valence-corrected chi connectivity index (χ1v) is 14.7. The van der Waals surface area contributed by atoms with Crippen molar-refractivity contribution in [3.8, 4) is 0 Å². The van der Waals surface area contributed by atoms with E-state index in [0.717, 1.165) is 25.7 Å². The summed E-state index contributed by atoms with van der Waals surface area (Å²) in [5, 5.41) is 59.6. The first kappa shape index (κ1) is 34.7. The average Bonchev–Trinajstić information content (AvgIpc) is 3.22. The minimum absolute atomic E-state index is 0.129. The van der Waals surface area contributed by atoms with E-state index in [1.54, 1.807) is 0 Å². The molecular formula is C28H48O12. The van der Waals surface area contributed by atoms with Crippen LogP contribution in [0.4, 0.5) is 0 Å². The molecular weight excluding hydrogens is 528 g/mol. The van der Waals surface area contributed by atoms with Crippen molar-refractivity contribution < 1.29 is 59.2 Å². The molecule has 2 aliphatic rings. The molecule has 2 saturated heterocycles. The van der Waals surface area contributed by atoms with Gasteiger partial charge < -0.3 is 44.8 Å². The van der Waals surface area contributed by atoms with Gasteiger partial charge in [-0.2, -0.15) is 0 Å². The molecule has 0 bridgehead atoms. The predicted octanol–water partition coefficient (Wildman–Crippen LogP) is 0.438. The van der Waals surface area contributed by atoms with Crippen molar-refractivity contribution in [3.05, 3.63) is 0 Å². The highest BCUT2D eigenvalue weighted by Gasteiger charge is 2.53. The molecule has 0 aliphatic carbocycles. The van der Waals surface area contributed by atoms with Crippen molar-refractivity contribution in [2.24, 2.45) is 0 Å². The summed E-state index contributed by atoms with van der Waals surface area (Å²) in [4.78, 5) is 37.5. The molecule has 2 fully saturated rings. The number of aliphatic hydroxyl groups is 6. The lowest BCUT2D eigenvalue weighted by Crippen LogP contribution is -2.60. The summed E-state index contributed by atoms with van der Waals surface area (Å²) in [6.07, 6.45) is -0.928. The molecule has 232 valence electrons. The SMILES string of the molecule is CCCCCCCCCCCCCCCC(O)C(O)C(=O)[C@H]1OC(=O)C(OC2O[C@H](CO)[C@@H](O)[C@H](O)[C@H]2O)C1=O. The number of ether oxygens (including phenoxy) is 3. The van der Waals surface area contributed by atoms with Crippen LogP contribution in [0.1, 0.15) is 96.8 Å². The summed E-state index contributed by atoms with van der Waals surface area (Å²) in [7, 11) is 0. The number of esters is 1. The molecule has 0 saturated carbocycles. The Labute approximate surface area is 235 Å². The van der Waals surface area contributed by atoms with Gasteiger partial charge in [-0.15, -0.1) is 0 Å². The number of hydrogen-bond donors (Lipinski definition) is 6. The van der Waals surface area contributed by atoms with E-state index >= 15 is 0 Å². The van der Waals surface area contributed by atoms with Gasteiger partial charge >= 0.3 is 5.97 Å². The van der Waals surface area contributed by atoms with E-state index in [2.05, 4.69) is 6.92 Å². The van der Waals surface area contributed by atoms with Crippen molar-refractivity contribution >= 4 is 17.5 Å². The normalized spacial score (nSPS) is 30.3. The standard InChI is InChI=1S/C28H48O12/c1-2-3-4-5-6-7-8-9-10-11-12-13-14-15-17(30)19(31)22(34)25-24(36)26(27(37)39-25)40-28-23(35)21(33)20(32)18(16-29)38-28/h17-21,23,25-26,28-33,35H,2-16H2,1H3/t17?,18-,19?,20-,21+,23-,25-,26?,28?/m1/s1. The molecule has 12 nitrogen and oxygen atoms in total. The number of cyclic esters (lactones) is 1. The first-order chi connectivity index (χ1) is 19.1. The van der Waals surface area contributed by atoms with Crippen LogP contribution in [0.2, 0.25) is 0 Å². The van der Waals surface area contributed by atoms with Gasteiger partial charge in [-0.25, -0.2) is 4.79 Å². The number of carbonyl (C=O) groups is 3. The predicted molar refractivity (Wildman–Crippen MR) is 141 cm³/mol. The highest BCUT2D eigenvalue weighted by Crippen LogP contribution is 2.26. The summed E-state index contributed by atoms with van der Waals surface area (Å²) in [6, 6.07) is 0. The molecule has 0 amide bonds. The lowest BCUT2D eigenvalue weighted by Gasteiger charge is -2.39. The molecule has 0 spiro atoms. The zero-order chi connectivity index (χ0) is 29.7. The van der Waals surface area contributed by atoms with Gasteiger partial charge in [0.2, 0.25) is 23.8 Å². The topological polar surface area (TPSA) is 200 Å². The summed E-state index contributed by atoms with van der Waals surface area (Å²) in [6.45, 7) is 1.46. The molecule has 12 heteroatoms. The van der Waals surface area contributed by atoms with Crippen molar-refractivity contribution in [1.82, 2.24) is 0 Å². The van der Waals surface area contributed by atoms with Gasteiger partial charge in [-0.3, -0.25) is 9.59 Å². The van der Waals surface area contributed by atoms with Crippen LogP contribution in [0.5, 0.6) is 0 Å². The Morgan fingerprint density at radius 2 is 1.35 bits per heavy atom. The quantitative estimate of drug-likeness (QED) is 0.0665. The van der Waals surface area contributed by atoms with Crippen molar-refractivity contribution in [2.75, 3.05) is 6.61 Å². The zero-order valence-electron chi connectivity index (χ0n) is 23.4. The molecule has 2 aliphatic heterocycles. The molecule has 2 rings (SSSR count). The van der Waals surface area contributed by atoms with Gasteiger partial charge in [0, 0.05) is 0 Å². The fourth-order valence-corrected chi connectivity index (χ4v) is 5.00. The first-order valence-electron chi connectivity index (χ1n) is 14.7. The second-order valence-electron chi connectivity index (χ2n) is 10.9. The number of ketones is 2. The number of Topliss-reactive ketones (excluding diaryl/α,β-unsaturated/α-hetero) is 2. The summed E-state index contributed by atoms with van der Waals surface area (Å²) in [5.74, 6) is -3.64. The van der Waals surface area contributed by atoms with Crippen molar-refractivity contribution in [1.29, 1.82) is 0 Å². The van der Waals surface area contributed by atoms with Gasteiger partial charge in [0.15, 0.2) is 6.29 Å². The molecule has 0 radical (unpaired) electrons. The number of hydrogen-bond acceptors (Lipinski definition) is 12. The van der Waals surface area contributed by atoms with E-state index in [1.807, 2.05) is 0 Å². The Bertz CT molecular complexity index is 774. The largest absolute Gasteiger partial charge is 0.444 e. The second kappa shape index (κ2) is 18.1. The van der Waals surface area contributed by atoms with Crippen LogP contribution in [-0.2, 0) is 28.6 Å².